The summed E-state index contributed by atoms with van der Waals surface area (Å²) in [7, 11) is 5.17. The van der Waals surface area contributed by atoms with E-state index < -0.39 is 0 Å². The van der Waals surface area contributed by atoms with Gasteiger partial charge in [-0.1, -0.05) is 20.8 Å². The molecule has 3 aromatic rings. The van der Waals surface area contributed by atoms with E-state index in [0.717, 1.165) is 5.56 Å². The normalized spacial score (nSPS) is 13.7. The highest BCUT2D eigenvalue weighted by Crippen LogP contribution is 2.17. The van der Waals surface area contributed by atoms with Crippen LogP contribution in [0.5, 0.6) is 0 Å². The van der Waals surface area contributed by atoms with E-state index in [1.807, 2.05) is 42.5 Å². The first-order valence-electron chi connectivity index (χ1n) is 9.91. The lowest BCUT2D eigenvalue weighted by atomic mass is 10.0. The summed E-state index contributed by atoms with van der Waals surface area (Å²) in [5, 5.41) is 2.89. The van der Waals surface area contributed by atoms with Gasteiger partial charge >= 0.3 is 0 Å². The molecule has 3 heterocycles. The van der Waals surface area contributed by atoms with Gasteiger partial charge in [-0.2, -0.15) is 0 Å². The van der Waals surface area contributed by atoms with Gasteiger partial charge in [-0.25, -0.2) is 0 Å². The van der Waals surface area contributed by atoms with Gasteiger partial charge in [0, 0.05) is 81.3 Å². The lowest BCUT2D eigenvalue weighted by molar-refractivity contribution is 0.459. The molecular formula is C20H30N6O3. The summed E-state index contributed by atoms with van der Waals surface area (Å²) in [5.41, 5.74) is 2.06. The number of aryl methyl sites for hydroxylation is 2. The Morgan fingerprint density at radius 1 is 0.828 bits per heavy atom. The average molecular weight is 402 g/mol. The van der Waals surface area contributed by atoms with Crippen LogP contribution < -0.4 is 16.7 Å². The number of hydrogen-bond donors (Lipinski definition) is 1. The maximum atomic E-state index is 12.8. The maximum Gasteiger partial charge on any atom is 0.269 e. The Kier molecular flexibility index (Phi) is 5.59. The first-order valence-corrected chi connectivity index (χ1v) is 9.91. The third-order valence-electron chi connectivity index (χ3n) is 5.80. The number of hydrogen-bond acceptors (Lipinski definition) is 3. The van der Waals surface area contributed by atoms with Gasteiger partial charge in [-0.3, -0.25) is 37.8 Å². The molecule has 0 aliphatic heterocycles. The number of nitrogens with zero attached hydrogens (tertiary/aromatic N) is 5. The van der Waals surface area contributed by atoms with Crippen LogP contribution in [0.25, 0.3) is 0 Å². The fourth-order valence-electron chi connectivity index (χ4n) is 3.77. The van der Waals surface area contributed by atoms with Crippen LogP contribution in [0.4, 0.5) is 0 Å². The number of H-pyrrole nitrogens is 1. The Balaban J connectivity index is 1.84. The minimum absolute atomic E-state index is 0.00656. The molecule has 0 bridgehead atoms. The molecular weight excluding hydrogens is 372 g/mol. The molecule has 0 saturated heterocycles. The molecule has 0 aliphatic rings. The summed E-state index contributed by atoms with van der Waals surface area (Å²) < 4.78 is 8.36. The van der Waals surface area contributed by atoms with Crippen molar-refractivity contribution in [3.63, 3.8) is 0 Å². The molecule has 0 radical (unpaired) electrons. The Hall–Kier alpha value is -2.97. The SMILES string of the molecule is CCc1cn(CC(C)c2cn(CC(C)c3c[nH]n(C)c3=O)n(C)c2=O)n(C)c1=O. The zero-order valence-electron chi connectivity index (χ0n) is 18.0. The van der Waals surface area contributed by atoms with Crippen LogP contribution in [0.1, 0.15) is 49.3 Å². The first-order chi connectivity index (χ1) is 13.6. The van der Waals surface area contributed by atoms with E-state index in [0.29, 0.717) is 30.6 Å². The van der Waals surface area contributed by atoms with Gasteiger partial charge in [0.05, 0.1) is 0 Å². The predicted octanol–water partition coefficient (Wildman–Crippen LogP) is 0.884. The second-order valence-electron chi connectivity index (χ2n) is 7.89. The van der Waals surface area contributed by atoms with Gasteiger partial charge in [-0.05, 0) is 6.42 Å². The molecule has 2 atom stereocenters. The molecule has 9 heteroatoms. The summed E-state index contributed by atoms with van der Waals surface area (Å²) in [6, 6.07) is 0. The lowest BCUT2D eigenvalue weighted by Crippen LogP contribution is -2.25. The van der Waals surface area contributed by atoms with Crippen molar-refractivity contribution in [2.75, 3.05) is 0 Å². The molecule has 158 valence electrons. The topological polar surface area (TPSA) is 91.7 Å². The van der Waals surface area contributed by atoms with Gasteiger partial charge in [0.15, 0.2) is 0 Å². The van der Waals surface area contributed by atoms with Crippen LogP contribution in [0, 0.1) is 0 Å². The van der Waals surface area contributed by atoms with Crippen LogP contribution in [0.2, 0.25) is 0 Å². The Morgan fingerprint density at radius 2 is 1.38 bits per heavy atom. The minimum atomic E-state index is -0.0620. The highest BCUT2D eigenvalue weighted by atomic mass is 16.1. The smallest absolute Gasteiger partial charge is 0.269 e. The van der Waals surface area contributed by atoms with E-state index in [9.17, 15) is 14.4 Å². The molecule has 0 aromatic carbocycles. The third-order valence-corrected chi connectivity index (χ3v) is 5.80. The molecule has 0 aliphatic carbocycles. The standard InChI is InChI=1S/C20H30N6O3/c1-7-15-11-25(23(5)18(15)27)10-14(3)17-12-26(24(6)20(17)29)9-13(2)16-8-21-22(4)19(16)28/h8,11-14,21H,7,9-10H2,1-6H3. The zero-order valence-corrected chi connectivity index (χ0v) is 18.0. The van der Waals surface area contributed by atoms with Crippen LogP contribution >= 0.6 is 0 Å². The summed E-state index contributed by atoms with van der Waals surface area (Å²) in [6.45, 7) is 6.98. The Morgan fingerprint density at radius 3 is 1.90 bits per heavy atom. The molecule has 1 N–H and O–H groups in total. The van der Waals surface area contributed by atoms with Gasteiger partial charge in [0.2, 0.25) is 0 Å². The fraction of sp³-hybridized carbons (Fsp3) is 0.550. The van der Waals surface area contributed by atoms with Crippen LogP contribution in [-0.4, -0.2) is 28.5 Å². The molecule has 0 spiro atoms. The van der Waals surface area contributed by atoms with Crippen LogP contribution in [0.15, 0.2) is 33.0 Å². The zero-order chi connectivity index (χ0) is 21.5. The van der Waals surface area contributed by atoms with Crippen molar-refractivity contribution >= 4 is 0 Å². The number of rotatable bonds is 7. The quantitative estimate of drug-likeness (QED) is 0.636. The molecule has 0 amide bonds. The van der Waals surface area contributed by atoms with Gasteiger partial charge < -0.3 is 5.10 Å². The fourth-order valence-corrected chi connectivity index (χ4v) is 3.77. The molecule has 3 rings (SSSR count). The van der Waals surface area contributed by atoms with Crippen molar-refractivity contribution in [1.29, 1.82) is 0 Å². The van der Waals surface area contributed by atoms with Gasteiger partial charge in [0.1, 0.15) is 0 Å². The Labute approximate surface area is 168 Å². The van der Waals surface area contributed by atoms with E-state index in [1.54, 1.807) is 36.7 Å². The van der Waals surface area contributed by atoms with Gasteiger partial charge in [0.25, 0.3) is 16.7 Å². The van der Waals surface area contributed by atoms with Crippen LogP contribution in [-0.2, 0) is 40.7 Å². The van der Waals surface area contributed by atoms with E-state index in [1.165, 1.54) is 4.68 Å². The largest absolute Gasteiger partial charge is 0.303 e. The van der Waals surface area contributed by atoms with Crippen molar-refractivity contribution in [3.8, 4) is 0 Å². The first kappa shape index (κ1) is 20.8. The second-order valence-corrected chi connectivity index (χ2v) is 7.89. The van der Waals surface area contributed by atoms with Crippen molar-refractivity contribution in [2.24, 2.45) is 21.1 Å². The average Bonchev–Trinajstić information content (AvgIpc) is 3.26. The third kappa shape index (κ3) is 3.68. The Bertz CT molecular complexity index is 1180. The minimum Gasteiger partial charge on any atom is -0.303 e. The molecule has 2 unspecified atom stereocenters. The predicted molar refractivity (Wildman–Crippen MR) is 112 cm³/mol. The number of aromatic amines is 1. The van der Waals surface area contributed by atoms with Crippen LogP contribution in [0.3, 0.4) is 0 Å². The highest BCUT2D eigenvalue weighted by molar-refractivity contribution is 5.14. The van der Waals surface area contributed by atoms with Gasteiger partial charge in [-0.15, -0.1) is 0 Å². The summed E-state index contributed by atoms with van der Waals surface area (Å²) in [5.74, 6) is -0.105. The van der Waals surface area contributed by atoms with Crippen molar-refractivity contribution in [2.45, 2.75) is 52.1 Å². The molecule has 9 nitrogen and oxygen atoms in total. The van der Waals surface area contributed by atoms with Crippen molar-refractivity contribution in [3.05, 3.63) is 66.3 Å². The molecule has 0 saturated carbocycles. The second kappa shape index (κ2) is 7.81. The van der Waals surface area contributed by atoms with E-state index in [4.69, 9.17) is 0 Å². The number of aromatic nitrogens is 6. The monoisotopic (exact) mass is 402 g/mol. The summed E-state index contributed by atoms with van der Waals surface area (Å²) in [4.78, 5) is 37.2. The summed E-state index contributed by atoms with van der Waals surface area (Å²) >= 11 is 0. The molecule has 3 aromatic heterocycles. The highest BCUT2D eigenvalue weighted by Gasteiger charge is 2.20. The maximum absolute atomic E-state index is 12.8. The van der Waals surface area contributed by atoms with E-state index >= 15 is 0 Å². The van der Waals surface area contributed by atoms with E-state index in [-0.39, 0.29) is 28.5 Å². The van der Waals surface area contributed by atoms with E-state index in [2.05, 4.69) is 5.10 Å². The van der Waals surface area contributed by atoms with Crippen molar-refractivity contribution in [1.82, 2.24) is 28.5 Å². The molecule has 0 fully saturated rings. The summed E-state index contributed by atoms with van der Waals surface area (Å²) in [6.07, 6.45) is 6.13. The number of nitrogens with one attached hydrogen (secondary N) is 1. The lowest BCUT2D eigenvalue weighted by Gasteiger charge is -2.13. The van der Waals surface area contributed by atoms with Crippen molar-refractivity contribution < 1.29 is 0 Å². The molecule has 29 heavy (non-hydrogen) atoms.